The molecule has 12 atom stereocenters. The molecule has 0 aliphatic carbocycles. The van der Waals surface area contributed by atoms with Crippen LogP contribution < -0.4 is 4.86 Å². The van der Waals surface area contributed by atoms with E-state index in [-0.39, 0.29) is 15.4 Å². The SMILES string of the molecule is C=P1(C)CP(=C)(C)[N-]1.C=[PH]1C[PH](=C)[N-]1.CP1(=O)CP(C)(=O)N1.CP1(=O)CP(C)(=O)[N-]1.CP1(=O)CP(C)(=O)[N-]1.O=[PH]1C[PH](=O)[N-]1.[Rf].[Rf].[Rf].[Rf]. The van der Waals surface area contributed by atoms with E-state index in [0.717, 1.165) is 0 Å². The van der Waals surface area contributed by atoms with E-state index >= 15 is 0 Å². The summed E-state index contributed by atoms with van der Waals surface area (Å²) in [5.41, 5.74) is 0. The molecule has 0 aromatic rings. The third-order valence-corrected chi connectivity index (χ3v) is 45.8. The van der Waals surface area contributed by atoms with Gasteiger partial charge in [-0.2, -0.15) is 0 Å². The molecule has 6 rings (SSSR count). The van der Waals surface area contributed by atoms with Gasteiger partial charge in [-0.15, -0.1) is 25.2 Å². The minimum absolute atomic E-state index is 0. The Labute approximate surface area is 267 Å². The molecule has 0 radical (unpaired) electrons. The van der Waals surface area contributed by atoms with E-state index in [1.165, 1.54) is 11.8 Å². The minimum Gasteiger partial charge on any atom is -0.614 e. The zero-order valence-electron chi connectivity index (χ0n) is 29.5. The van der Waals surface area contributed by atoms with Crippen LogP contribution in [0.15, 0.2) is 0 Å². The molecule has 30 heteroatoms. The van der Waals surface area contributed by atoms with Crippen molar-refractivity contribution in [3.05, 3.63) is 24.3 Å². The third kappa shape index (κ3) is 21.8. The van der Waals surface area contributed by atoms with Crippen molar-refractivity contribution in [1.29, 1.82) is 0 Å². The van der Waals surface area contributed by atoms with Crippen LogP contribution in [-0.4, -0.2) is 114 Å². The molecule has 0 amide bonds. The van der Waals surface area contributed by atoms with Crippen LogP contribution in [0.2, 0.25) is 0 Å². The first kappa shape index (κ1) is 53.6. The molecule has 12 unspecified atom stereocenters. The summed E-state index contributed by atoms with van der Waals surface area (Å²) in [7, 11) is -19.1. The molecule has 6 aliphatic rings. The fraction of sp³-hybridized carbons (Fsp3) is 0.778. The van der Waals surface area contributed by atoms with Gasteiger partial charge in [-0.3, -0.25) is 0 Å². The molecule has 0 aromatic carbocycles. The van der Waals surface area contributed by atoms with Gasteiger partial charge in [0.1, 0.15) is 0 Å². The molecule has 48 heavy (non-hydrogen) atoms. The summed E-state index contributed by atoms with van der Waals surface area (Å²) >= 11 is 0. The van der Waals surface area contributed by atoms with Gasteiger partial charge in [0.25, 0.3) is 0 Å². The molecule has 6 saturated heterocycles. The molecule has 1 N–H and O–H groups in total. The minimum atomic E-state index is -2.23. The normalized spacial score (nSPS) is 48.0. The molecular formula is C18H49N6O8P12Rf4-5. The van der Waals surface area contributed by atoms with Gasteiger partial charge >= 0.3 is 0 Å². The first-order chi connectivity index (χ1) is 19.2. The van der Waals surface area contributed by atoms with Crippen molar-refractivity contribution in [2.24, 2.45) is 0 Å². The monoisotopic (exact) mass is 1920 g/mol. The van der Waals surface area contributed by atoms with E-state index in [4.69, 9.17) is 0 Å². The predicted octanol–water partition coefficient (Wildman–Crippen LogP) is 10.7. The van der Waals surface area contributed by atoms with Gasteiger partial charge in [0, 0.05) is 60.2 Å². The standard InChI is InChI=1S/C5H12NP2.C3H9NO2P2.2C3H8NO2P2.C3H8NP2.CH4NO2P2.4Rf/c1-7(2)5-8(3,4)6-7;3*1-7(5)3-8(2,6)4-7;1-5-3-6(2)4-5;3-5-1-6(4)2-5;;;;/h1,3,5H2,2,4H3;3H2,1-2H3,(H,4,5,6);2*3H2,1-2H3;5-6H,1-3H2;5-6H,1H2;;;;/q-1;;4*-1;;;;. The van der Waals surface area contributed by atoms with Crippen molar-refractivity contribution in [1.82, 2.24) is 4.86 Å². The largest absolute Gasteiger partial charge is 0.614 e. The maximum absolute atomic E-state index is 10.8. The number of nitrogens with zero attached hydrogens (tertiary/aromatic N) is 5. The van der Waals surface area contributed by atoms with Crippen molar-refractivity contribution >= 4 is 114 Å². The van der Waals surface area contributed by atoms with E-state index < -0.39 is 73.7 Å². The smallest absolute Gasteiger partial charge is 0.158 e. The number of rotatable bonds is 0. The van der Waals surface area contributed by atoms with Gasteiger partial charge in [-0.1, -0.05) is 19.2 Å². The van der Waals surface area contributed by atoms with E-state index in [1.54, 1.807) is 40.0 Å². The average Bonchev–Trinajstić information content (AvgIpc) is 2.59. The van der Waals surface area contributed by atoms with E-state index in [1.807, 2.05) is 0 Å². The van der Waals surface area contributed by atoms with E-state index in [0.29, 0.717) is 23.6 Å². The van der Waals surface area contributed by atoms with Gasteiger partial charge in [-0.25, -0.2) is 34.3 Å². The van der Waals surface area contributed by atoms with Crippen LogP contribution in [0.25, 0.3) is 24.3 Å². The Hall–Kier alpha value is -1.20. The van der Waals surface area contributed by atoms with Gasteiger partial charge in [0.15, 0.2) is 14.6 Å². The number of nitrogens with one attached hydrogen (secondary N) is 1. The summed E-state index contributed by atoms with van der Waals surface area (Å²) in [5.74, 6) is 4.02. The zero-order valence-corrected chi connectivity index (χ0v) is 66.2. The van der Waals surface area contributed by atoms with Crippen molar-refractivity contribution in [2.45, 2.75) is 0 Å². The molecule has 6 heterocycles. The van der Waals surface area contributed by atoms with E-state index in [2.05, 4.69) is 67.7 Å². The number of hydrogen-bond acceptors (Lipinski definition) is 8. The summed E-state index contributed by atoms with van der Waals surface area (Å²) in [6.45, 7) is 13.8. The van der Waals surface area contributed by atoms with Gasteiger partial charge in [0.2, 0.25) is 0 Å². The van der Waals surface area contributed by atoms with Crippen molar-refractivity contribution < 1.29 is 36.5 Å². The Morgan fingerprint density at radius 2 is 0.708 bits per heavy atom. The fourth-order valence-corrected chi connectivity index (χ4v) is 41.2. The molecule has 272 valence electrons. The summed E-state index contributed by atoms with van der Waals surface area (Å²) in [4.78, 5) is 21.8. The van der Waals surface area contributed by atoms with Crippen LogP contribution in [-0.2, 0) is 36.5 Å². The Morgan fingerprint density at radius 1 is 0.500 bits per heavy atom. The Morgan fingerprint density at radius 3 is 0.708 bits per heavy atom. The van der Waals surface area contributed by atoms with Gasteiger partial charge in [-0.05, 0) is 48.5 Å². The van der Waals surface area contributed by atoms with E-state index in [9.17, 15) is 36.5 Å². The fourth-order valence-electron chi connectivity index (χ4n) is 4.57. The van der Waals surface area contributed by atoms with Crippen molar-refractivity contribution in [2.75, 3.05) is 88.7 Å². The molecule has 0 aromatic heterocycles. The molecule has 0 bridgehead atoms. The Bertz CT molecular complexity index is 1250. The first-order valence-corrected chi connectivity index (χ1v) is 38.7. The maximum Gasteiger partial charge on any atom is 0.158 e. The zero-order chi connectivity index (χ0) is 34.8. The Kier molecular flexibility index (Phi) is 20.5. The Balaban J connectivity index is -0.000000239. The molecule has 0 spiro atoms. The molecular weight excluding hydrogens is 1870 g/mol. The predicted molar refractivity (Wildman–Crippen MR) is 219 cm³/mol. The van der Waals surface area contributed by atoms with Crippen LogP contribution in [0.4, 0.5) is 0 Å². The van der Waals surface area contributed by atoms with Crippen LogP contribution in [0.5, 0.6) is 0 Å². The summed E-state index contributed by atoms with van der Waals surface area (Å²) in [6.07, 6.45) is 15.6. The first-order valence-electron chi connectivity index (χ1n) is 12.9. The molecule has 6 fully saturated rings. The quantitative estimate of drug-likeness (QED) is 0.228. The topological polar surface area (TPSA) is 219 Å². The summed E-state index contributed by atoms with van der Waals surface area (Å²) < 4.78 is 84.5. The number of hydrogen-bond donors (Lipinski definition) is 1. The molecule has 14 nitrogen and oxygen atoms in total. The maximum atomic E-state index is 10.8. The second kappa shape index (κ2) is 18.3. The molecule has 6 aliphatic heterocycles. The molecule has 0 saturated carbocycles. The van der Waals surface area contributed by atoms with Crippen molar-refractivity contribution in [3.63, 3.8) is 0 Å². The third-order valence-electron chi connectivity index (χ3n) is 5.09. The van der Waals surface area contributed by atoms with Gasteiger partial charge in [0.05, 0.1) is 5.90 Å². The van der Waals surface area contributed by atoms with Gasteiger partial charge < -0.3 is 60.8 Å². The van der Waals surface area contributed by atoms with Crippen LogP contribution in [0.1, 0.15) is 0 Å². The second-order valence-corrected chi connectivity index (χ2v) is 46.6. The summed E-state index contributed by atoms with van der Waals surface area (Å²) in [6, 6.07) is 0. The van der Waals surface area contributed by atoms with Crippen LogP contribution in [0.3, 0.4) is 0 Å². The van der Waals surface area contributed by atoms with Crippen molar-refractivity contribution in [3.8, 4) is 0 Å². The average molecular weight is 1920 g/mol. The van der Waals surface area contributed by atoms with Crippen LogP contribution >= 0.6 is 89.1 Å². The summed E-state index contributed by atoms with van der Waals surface area (Å²) in [5, 5.41) is 0. The second-order valence-electron chi connectivity index (χ2n) is 12.5. The van der Waals surface area contributed by atoms with Crippen LogP contribution in [0, 0.1) is 0 Å².